The molecule has 0 amide bonds. The molecule has 2 atom stereocenters. The summed E-state index contributed by atoms with van der Waals surface area (Å²) >= 11 is 0. The minimum absolute atomic E-state index is 0.230. The zero-order valence-corrected chi connectivity index (χ0v) is 9.47. The summed E-state index contributed by atoms with van der Waals surface area (Å²) in [5.41, 5.74) is 0. The van der Waals surface area contributed by atoms with Crippen LogP contribution >= 0.6 is 0 Å². The Labute approximate surface area is 81.2 Å². The highest BCUT2D eigenvalue weighted by molar-refractivity contribution is 7.89. The fourth-order valence-corrected chi connectivity index (χ4v) is 2.87. The second-order valence-corrected chi connectivity index (χ2v) is 6.26. The smallest absolute Gasteiger partial charge is 0.212 e. The molecule has 0 aliphatic carbocycles. The zero-order chi connectivity index (χ0) is 10.1. The lowest BCUT2D eigenvalue weighted by molar-refractivity contribution is 0.213. The molecule has 2 unspecified atom stereocenters. The number of rotatable bonds is 2. The molecule has 1 aliphatic heterocycles. The Morgan fingerprint density at radius 1 is 1.31 bits per heavy atom. The lowest BCUT2D eigenvalue weighted by Gasteiger charge is -2.34. The van der Waals surface area contributed by atoms with Gasteiger partial charge in [-0.15, -0.1) is 0 Å². The number of hydrogen-bond donors (Lipinski definition) is 0. The second kappa shape index (κ2) is 3.96. The van der Waals surface area contributed by atoms with Crippen molar-refractivity contribution in [3.63, 3.8) is 0 Å². The van der Waals surface area contributed by atoms with Gasteiger partial charge in [0.05, 0.1) is 5.75 Å². The molecule has 0 N–H and O–H groups in total. The Bertz CT molecular complexity index is 261. The summed E-state index contributed by atoms with van der Waals surface area (Å²) in [5, 5.41) is 0. The summed E-state index contributed by atoms with van der Waals surface area (Å²) in [7, 11) is -2.94. The molecule has 0 saturated carbocycles. The second-order valence-electron chi connectivity index (χ2n) is 4.00. The van der Waals surface area contributed by atoms with E-state index in [0.717, 1.165) is 6.42 Å². The van der Waals surface area contributed by atoms with Gasteiger partial charge in [0.15, 0.2) is 0 Å². The normalized spacial score (nSPS) is 31.9. The van der Waals surface area contributed by atoms with Crippen LogP contribution in [-0.4, -0.2) is 31.6 Å². The number of nitrogens with zero attached hydrogens (tertiary/aromatic N) is 1. The van der Waals surface area contributed by atoms with E-state index in [-0.39, 0.29) is 5.75 Å². The monoisotopic (exact) mass is 205 g/mol. The molecule has 1 rings (SSSR count). The van der Waals surface area contributed by atoms with Crippen LogP contribution in [0.1, 0.15) is 27.2 Å². The Balaban J connectivity index is 2.66. The van der Waals surface area contributed by atoms with Crippen LogP contribution in [-0.2, 0) is 10.0 Å². The van der Waals surface area contributed by atoms with E-state index >= 15 is 0 Å². The Morgan fingerprint density at radius 2 is 1.92 bits per heavy atom. The Kier molecular flexibility index (Phi) is 3.35. The van der Waals surface area contributed by atoms with Crippen molar-refractivity contribution in [1.82, 2.24) is 4.31 Å². The van der Waals surface area contributed by atoms with Crippen LogP contribution in [0, 0.1) is 11.8 Å². The van der Waals surface area contributed by atoms with Crippen molar-refractivity contribution in [2.75, 3.05) is 18.8 Å². The third-order valence-electron chi connectivity index (χ3n) is 3.06. The van der Waals surface area contributed by atoms with Crippen molar-refractivity contribution in [2.45, 2.75) is 27.2 Å². The van der Waals surface area contributed by atoms with Gasteiger partial charge in [-0.2, -0.15) is 0 Å². The first-order valence-corrected chi connectivity index (χ1v) is 6.56. The average molecular weight is 205 g/mol. The van der Waals surface area contributed by atoms with Crippen molar-refractivity contribution in [2.24, 2.45) is 11.8 Å². The van der Waals surface area contributed by atoms with Gasteiger partial charge in [-0.05, 0) is 25.2 Å². The van der Waals surface area contributed by atoms with E-state index < -0.39 is 10.0 Å². The van der Waals surface area contributed by atoms with Crippen molar-refractivity contribution < 1.29 is 8.42 Å². The van der Waals surface area contributed by atoms with E-state index in [0.29, 0.717) is 24.9 Å². The predicted molar refractivity (Wildman–Crippen MR) is 54.0 cm³/mol. The van der Waals surface area contributed by atoms with Crippen LogP contribution in [0.25, 0.3) is 0 Å². The standard InChI is InChI=1S/C9H19NO2S/c1-4-13(11,12)10-6-5-8(2)9(3)7-10/h8-9H,4-7H2,1-3H3. The number of piperidine rings is 1. The summed E-state index contributed by atoms with van der Waals surface area (Å²) < 4.78 is 24.7. The summed E-state index contributed by atoms with van der Waals surface area (Å²) in [6.45, 7) is 7.44. The maximum Gasteiger partial charge on any atom is 0.213 e. The largest absolute Gasteiger partial charge is 0.213 e. The highest BCUT2D eigenvalue weighted by Crippen LogP contribution is 2.24. The molecule has 0 aromatic rings. The summed E-state index contributed by atoms with van der Waals surface area (Å²) in [6, 6.07) is 0. The van der Waals surface area contributed by atoms with Gasteiger partial charge in [0.25, 0.3) is 0 Å². The van der Waals surface area contributed by atoms with Gasteiger partial charge < -0.3 is 0 Å². The highest BCUT2D eigenvalue weighted by atomic mass is 32.2. The molecular formula is C9H19NO2S. The van der Waals surface area contributed by atoms with Gasteiger partial charge in [-0.25, -0.2) is 12.7 Å². The zero-order valence-electron chi connectivity index (χ0n) is 8.66. The van der Waals surface area contributed by atoms with Crippen LogP contribution in [0.3, 0.4) is 0 Å². The minimum atomic E-state index is -2.94. The number of hydrogen-bond acceptors (Lipinski definition) is 2. The first kappa shape index (κ1) is 11.0. The van der Waals surface area contributed by atoms with Crippen LogP contribution in [0.5, 0.6) is 0 Å². The molecule has 3 nitrogen and oxygen atoms in total. The van der Waals surface area contributed by atoms with Gasteiger partial charge in [-0.1, -0.05) is 13.8 Å². The molecule has 0 aromatic carbocycles. The first-order chi connectivity index (χ1) is 5.97. The van der Waals surface area contributed by atoms with Gasteiger partial charge in [-0.3, -0.25) is 0 Å². The molecule has 0 bridgehead atoms. The number of sulfonamides is 1. The van der Waals surface area contributed by atoms with Crippen molar-refractivity contribution in [3.8, 4) is 0 Å². The lowest BCUT2D eigenvalue weighted by atomic mass is 9.90. The Hall–Kier alpha value is -0.0900. The van der Waals surface area contributed by atoms with E-state index in [9.17, 15) is 8.42 Å². The van der Waals surface area contributed by atoms with Crippen LogP contribution in [0.4, 0.5) is 0 Å². The van der Waals surface area contributed by atoms with Gasteiger partial charge in [0.1, 0.15) is 0 Å². The van der Waals surface area contributed by atoms with Crippen molar-refractivity contribution in [1.29, 1.82) is 0 Å². The minimum Gasteiger partial charge on any atom is -0.212 e. The van der Waals surface area contributed by atoms with Crippen LogP contribution in [0.15, 0.2) is 0 Å². The van der Waals surface area contributed by atoms with Crippen LogP contribution < -0.4 is 0 Å². The topological polar surface area (TPSA) is 37.4 Å². The maximum absolute atomic E-state index is 11.5. The predicted octanol–water partition coefficient (Wildman–Crippen LogP) is 1.31. The van der Waals surface area contributed by atoms with E-state index in [4.69, 9.17) is 0 Å². The first-order valence-electron chi connectivity index (χ1n) is 4.95. The highest BCUT2D eigenvalue weighted by Gasteiger charge is 2.29. The molecule has 1 heterocycles. The SMILES string of the molecule is CCS(=O)(=O)N1CCC(C)C(C)C1. The quantitative estimate of drug-likeness (QED) is 0.681. The third-order valence-corrected chi connectivity index (χ3v) is 4.90. The molecule has 13 heavy (non-hydrogen) atoms. The van der Waals surface area contributed by atoms with Gasteiger partial charge in [0, 0.05) is 13.1 Å². The molecule has 78 valence electrons. The van der Waals surface area contributed by atoms with Crippen LogP contribution in [0.2, 0.25) is 0 Å². The molecular weight excluding hydrogens is 186 g/mol. The molecule has 1 saturated heterocycles. The molecule has 0 radical (unpaired) electrons. The van der Waals surface area contributed by atoms with Crippen molar-refractivity contribution >= 4 is 10.0 Å². The summed E-state index contributed by atoms with van der Waals surface area (Å²) in [4.78, 5) is 0. The van der Waals surface area contributed by atoms with Gasteiger partial charge >= 0.3 is 0 Å². The summed E-state index contributed by atoms with van der Waals surface area (Å²) in [5.74, 6) is 1.38. The summed E-state index contributed by atoms with van der Waals surface area (Å²) in [6.07, 6.45) is 1.00. The molecule has 1 aliphatic rings. The van der Waals surface area contributed by atoms with E-state index in [1.54, 1.807) is 11.2 Å². The third kappa shape index (κ3) is 2.44. The average Bonchev–Trinajstić information content (AvgIpc) is 2.09. The molecule has 0 spiro atoms. The Morgan fingerprint density at radius 3 is 2.38 bits per heavy atom. The molecule has 0 aromatic heterocycles. The maximum atomic E-state index is 11.5. The lowest BCUT2D eigenvalue weighted by Crippen LogP contribution is -2.42. The van der Waals surface area contributed by atoms with Crippen molar-refractivity contribution in [3.05, 3.63) is 0 Å². The van der Waals surface area contributed by atoms with E-state index in [1.807, 2.05) is 0 Å². The van der Waals surface area contributed by atoms with Gasteiger partial charge in [0.2, 0.25) is 10.0 Å². The fourth-order valence-electron chi connectivity index (χ4n) is 1.66. The van der Waals surface area contributed by atoms with E-state index in [2.05, 4.69) is 13.8 Å². The van der Waals surface area contributed by atoms with E-state index in [1.165, 1.54) is 0 Å². The molecule has 4 heteroatoms. The molecule has 1 fully saturated rings. The fraction of sp³-hybridized carbons (Fsp3) is 1.00.